The molecule has 0 saturated heterocycles. The lowest BCUT2D eigenvalue weighted by molar-refractivity contribution is -0.137. The lowest BCUT2D eigenvalue weighted by Crippen LogP contribution is -2.10. The summed E-state index contributed by atoms with van der Waals surface area (Å²) in [5, 5.41) is 50.1. The second-order valence-corrected chi connectivity index (χ2v) is 21.3. The zero-order valence-corrected chi connectivity index (χ0v) is 43.7. The first-order valence-corrected chi connectivity index (χ1v) is 25.2. The molecule has 1 atom stereocenters. The van der Waals surface area contributed by atoms with Crippen LogP contribution in [0, 0.1) is 19.8 Å². The SMILES string of the molecule is CC(C)(C)O.CC(C)(C)O.Cc1cc2nc(C(C)O)ccc2c(-c2ccc3c4c(ccnc24)CCO3)c1CC(=O)O.Cc1cc2nc(OCC3CC3)ccc2c(-c2ccc3c4c(ccnc24)CCO3)c1CC(=O)O. The number of carboxylic acids is 2. The number of carbonyl (C=O) groups is 2. The minimum absolute atomic E-state index is 0.0729. The third kappa shape index (κ3) is 12.6. The molecule has 6 heterocycles. The molecule has 1 fully saturated rings. The number of pyridine rings is 4. The number of aliphatic carboxylic acids is 2. The van der Waals surface area contributed by atoms with Crippen LogP contribution < -0.4 is 14.2 Å². The first-order valence-electron chi connectivity index (χ1n) is 25.2. The Morgan fingerprint density at radius 3 is 1.54 bits per heavy atom. The van der Waals surface area contributed by atoms with E-state index in [4.69, 9.17) is 34.4 Å². The van der Waals surface area contributed by atoms with E-state index in [9.17, 15) is 24.9 Å². The van der Waals surface area contributed by atoms with Crippen LogP contribution in [0.1, 0.15) is 106 Å². The number of aryl methyl sites for hydroxylation is 2. The summed E-state index contributed by atoms with van der Waals surface area (Å²) in [4.78, 5) is 42.3. The Labute approximate surface area is 431 Å². The number of aliphatic hydroxyl groups is 3. The van der Waals surface area contributed by atoms with Gasteiger partial charge in [0, 0.05) is 64.0 Å². The molecule has 1 unspecified atom stereocenters. The van der Waals surface area contributed by atoms with E-state index in [1.807, 2.05) is 86.8 Å². The first-order chi connectivity index (χ1) is 35.0. The van der Waals surface area contributed by atoms with E-state index in [-0.39, 0.29) is 12.8 Å². The molecule has 11 rings (SSSR count). The van der Waals surface area contributed by atoms with E-state index in [1.165, 1.54) is 24.0 Å². The van der Waals surface area contributed by atoms with Crippen molar-refractivity contribution in [1.29, 1.82) is 0 Å². The molecule has 386 valence electrons. The van der Waals surface area contributed by atoms with Crippen molar-refractivity contribution in [3.05, 3.63) is 124 Å². The first kappa shape index (κ1) is 53.0. The van der Waals surface area contributed by atoms with Crippen LogP contribution in [0.15, 0.2) is 85.2 Å². The van der Waals surface area contributed by atoms with Gasteiger partial charge in [-0.1, -0.05) is 6.07 Å². The van der Waals surface area contributed by atoms with Gasteiger partial charge in [-0.05, 0) is 186 Å². The van der Waals surface area contributed by atoms with Gasteiger partial charge in [-0.25, -0.2) is 4.98 Å². The Morgan fingerprint density at radius 2 is 1.11 bits per heavy atom. The van der Waals surface area contributed by atoms with Crippen LogP contribution in [0.4, 0.5) is 0 Å². The molecular formula is C60H66N4O10. The average molecular weight is 1000 g/mol. The Kier molecular flexibility index (Phi) is 15.5. The predicted molar refractivity (Wildman–Crippen MR) is 288 cm³/mol. The summed E-state index contributed by atoms with van der Waals surface area (Å²) < 4.78 is 17.7. The smallest absolute Gasteiger partial charge is 0.307 e. The van der Waals surface area contributed by atoms with E-state index in [0.717, 1.165) is 112 Å². The van der Waals surface area contributed by atoms with Gasteiger partial charge in [0.1, 0.15) is 11.5 Å². The van der Waals surface area contributed by atoms with Gasteiger partial charge in [0.25, 0.3) is 0 Å². The molecule has 74 heavy (non-hydrogen) atoms. The number of rotatable bonds is 10. The highest BCUT2D eigenvalue weighted by atomic mass is 16.5. The van der Waals surface area contributed by atoms with E-state index in [1.54, 1.807) is 60.7 Å². The van der Waals surface area contributed by atoms with Crippen LogP contribution in [0.3, 0.4) is 0 Å². The minimum atomic E-state index is -0.892. The molecule has 4 aromatic heterocycles. The summed E-state index contributed by atoms with van der Waals surface area (Å²) in [5.74, 6) is 1.12. The highest BCUT2D eigenvalue weighted by Gasteiger charge is 2.26. The zero-order chi connectivity index (χ0) is 53.2. The van der Waals surface area contributed by atoms with Gasteiger partial charge in [0.05, 0.1) is 77.7 Å². The van der Waals surface area contributed by atoms with Crippen LogP contribution in [0.25, 0.3) is 65.9 Å². The van der Waals surface area contributed by atoms with Gasteiger partial charge in [0.2, 0.25) is 5.88 Å². The molecule has 0 amide bonds. The molecule has 5 N–H and O–H groups in total. The standard InChI is InChI=1S/C27H24N2O4.C25H22N2O4.2C4H10O/c1-15-12-21-18(5-7-23(29-21)33-14-16-2-3-16)26(20(15)13-24(30)31)19-4-6-22-25-17(9-11-32-22)8-10-28-27(19)25;1-13-11-20-16(3-5-19(27-20)14(2)28)24(18(13)12-22(29)30)17-4-6-21-23-15(8-10-31-21)7-9-26-25(17)23;2*1-4(2,3)5/h4-8,10,12,16H,2-3,9,11,13-14H2,1H3,(H,30,31);3-7,9,11,14,28H,8,10,12H2,1-2H3,(H,29,30);2*5H,1-3H3. The second kappa shape index (κ2) is 21.7. The molecule has 2 aliphatic heterocycles. The second-order valence-electron chi connectivity index (χ2n) is 21.3. The van der Waals surface area contributed by atoms with Crippen molar-refractivity contribution in [2.24, 2.45) is 5.92 Å². The maximum Gasteiger partial charge on any atom is 0.307 e. The van der Waals surface area contributed by atoms with Crippen LogP contribution in [-0.4, -0.2) is 88.4 Å². The van der Waals surface area contributed by atoms with Crippen molar-refractivity contribution in [2.45, 2.75) is 118 Å². The van der Waals surface area contributed by atoms with Crippen LogP contribution in [0.2, 0.25) is 0 Å². The number of ether oxygens (including phenoxy) is 3. The highest BCUT2D eigenvalue weighted by Crippen LogP contribution is 2.44. The van der Waals surface area contributed by atoms with Gasteiger partial charge >= 0.3 is 11.9 Å². The van der Waals surface area contributed by atoms with E-state index in [0.29, 0.717) is 37.3 Å². The van der Waals surface area contributed by atoms with Gasteiger partial charge in [-0.3, -0.25) is 24.5 Å². The monoisotopic (exact) mass is 1000 g/mol. The number of hydrogen-bond acceptors (Lipinski definition) is 12. The van der Waals surface area contributed by atoms with Crippen molar-refractivity contribution in [3.8, 4) is 39.6 Å². The lowest BCUT2D eigenvalue weighted by Gasteiger charge is -2.21. The molecule has 1 saturated carbocycles. The normalized spacial score (nSPS) is 14.1. The molecule has 1 aliphatic carbocycles. The number of aliphatic hydroxyl groups excluding tert-OH is 1. The molecule has 0 bridgehead atoms. The number of benzene rings is 4. The summed E-state index contributed by atoms with van der Waals surface area (Å²) >= 11 is 0. The quantitative estimate of drug-likeness (QED) is 0.0862. The van der Waals surface area contributed by atoms with Gasteiger partial charge in [-0.2, -0.15) is 0 Å². The Balaban J connectivity index is 0.000000167. The average Bonchev–Trinajstić information content (AvgIpc) is 4.16. The molecule has 4 aromatic carbocycles. The summed E-state index contributed by atoms with van der Waals surface area (Å²) in [7, 11) is 0. The number of carboxylic acid groups (broad SMARTS) is 2. The van der Waals surface area contributed by atoms with Crippen molar-refractivity contribution < 1.29 is 49.3 Å². The topological polar surface area (TPSA) is 215 Å². The van der Waals surface area contributed by atoms with Gasteiger partial charge < -0.3 is 39.7 Å². The molecule has 0 spiro atoms. The summed E-state index contributed by atoms with van der Waals surface area (Å²) in [5.41, 5.74) is 11.8. The lowest BCUT2D eigenvalue weighted by atomic mass is 9.87. The maximum absolute atomic E-state index is 11.8. The van der Waals surface area contributed by atoms with Crippen molar-refractivity contribution in [2.75, 3.05) is 19.8 Å². The minimum Gasteiger partial charge on any atom is -0.493 e. The molecule has 8 aromatic rings. The number of fused-ring (bicyclic) bond motifs is 2. The van der Waals surface area contributed by atoms with E-state index < -0.39 is 29.2 Å². The van der Waals surface area contributed by atoms with E-state index in [2.05, 4.69) is 9.97 Å². The van der Waals surface area contributed by atoms with Crippen LogP contribution >= 0.6 is 0 Å². The summed E-state index contributed by atoms with van der Waals surface area (Å²) in [6.45, 7) is 18.0. The zero-order valence-electron chi connectivity index (χ0n) is 43.7. The highest BCUT2D eigenvalue weighted by molar-refractivity contribution is 6.09. The third-order valence-corrected chi connectivity index (χ3v) is 12.6. The Bertz CT molecular complexity index is 3380. The maximum atomic E-state index is 11.8. The number of nitrogens with zero attached hydrogens (tertiary/aromatic N) is 4. The van der Waals surface area contributed by atoms with Gasteiger partial charge in [0.15, 0.2) is 0 Å². The van der Waals surface area contributed by atoms with Gasteiger partial charge in [-0.15, -0.1) is 0 Å². The van der Waals surface area contributed by atoms with Crippen LogP contribution in [-0.2, 0) is 35.3 Å². The predicted octanol–water partition coefficient (Wildman–Crippen LogP) is 11.0. The fraction of sp³-hybridized carbons (Fsp3) is 0.367. The summed E-state index contributed by atoms with van der Waals surface area (Å²) in [6.07, 6.45) is 6.84. The summed E-state index contributed by atoms with van der Waals surface area (Å²) in [6, 6.07) is 23.4. The Morgan fingerprint density at radius 1 is 0.662 bits per heavy atom. The molecule has 0 radical (unpaired) electrons. The van der Waals surface area contributed by atoms with Crippen molar-refractivity contribution >= 4 is 55.6 Å². The molecule has 14 heteroatoms. The van der Waals surface area contributed by atoms with Crippen molar-refractivity contribution in [1.82, 2.24) is 19.9 Å². The van der Waals surface area contributed by atoms with Crippen molar-refractivity contribution in [3.63, 3.8) is 0 Å². The third-order valence-electron chi connectivity index (χ3n) is 12.6. The largest absolute Gasteiger partial charge is 0.493 e. The fourth-order valence-corrected chi connectivity index (χ4v) is 9.27. The Hall–Kier alpha value is -7.26. The van der Waals surface area contributed by atoms with E-state index >= 15 is 0 Å². The molecule has 3 aliphatic rings. The molecular weight excluding hydrogens is 937 g/mol. The van der Waals surface area contributed by atoms with Crippen LogP contribution in [0.5, 0.6) is 17.4 Å². The number of aromatic nitrogens is 4. The number of hydrogen-bond donors (Lipinski definition) is 5. The molecule has 14 nitrogen and oxygen atoms in total. The fourth-order valence-electron chi connectivity index (χ4n) is 9.27.